The van der Waals surface area contributed by atoms with Crippen molar-refractivity contribution >= 4 is 0 Å². The summed E-state index contributed by atoms with van der Waals surface area (Å²) in [5.41, 5.74) is 3.73. The zero-order valence-electron chi connectivity index (χ0n) is 8.52. The molecule has 13 heavy (non-hydrogen) atoms. The molecular formula is C10H17N3. The van der Waals surface area contributed by atoms with Crippen molar-refractivity contribution in [2.24, 2.45) is 0 Å². The Morgan fingerprint density at radius 2 is 2.38 bits per heavy atom. The first kappa shape index (κ1) is 9.99. The minimum Gasteiger partial charge on any atom is -0.309 e. The van der Waals surface area contributed by atoms with Crippen LogP contribution in [0.5, 0.6) is 0 Å². The molecule has 0 aliphatic rings. The molecule has 0 aliphatic heterocycles. The quantitative estimate of drug-likeness (QED) is 0.546. The van der Waals surface area contributed by atoms with Crippen LogP contribution in [-0.2, 0) is 6.54 Å². The van der Waals surface area contributed by atoms with Crippen LogP contribution in [0.2, 0.25) is 0 Å². The SMILES string of the molecule is CC(C)=CCNCc1cn[nH]c1C. The van der Waals surface area contributed by atoms with E-state index in [1.165, 1.54) is 11.1 Å². The minimum absolute atomic E-state index is 0.881. The first-order valence-corrected chi connectivity index (χ1v) is 4.53. The van der Waals surface area contributed by atoms with E-state index >= 15 is 0 Å². The van der Waals surface area contributed by atoms with E-state index in [2.05, 4.69) is 35.4 Å². The highest BCUT2D eigenvalue weighted by molar-refractivity contribution is 5.13. The lowest BCUT2D eigenvalue weighted by Gasteiger charge is -2.00. The van der Waals surface area contributed by atoms with Crippen molar-refractivity contribution in [3.05, 3.63) is 29.1 Å². The van der Waals surface area contributed by atoms with Crippen molar-refractivity contribution in [2.75, 3.05) is 6.54 Å². The van der Waals surface area contributed by atoms with Gasteiger partial charge in [-0.25, -0.2) is 0 Å². The Balaban J connectivity index is 2.28. The summed E-state index contributed by atoms with van der Waals surface area (Å²) in [7, 11) is 0. The van der Waals surface area contributed by atoms with Crippen LogP contribution in [0.25, 0.3) is 0 Å². The van der Waals surface area contributed by atoms with E-state index in [0.29, 0.717) is 0 Å². The highest BCUT2D eigenvalue weighted by Gasteiger charge is 1.97. The van der Waals surface area contributed by atoms with Gasteiger partial charge in [-0.2, -0.15) is 5.10 Å². The summed E-state index contributed by atoms with van der Waals surface area (Å²) in [5, 5.41) is 10.2. The Hall–Kier alpha value is -1.09. The highest BCUT2D eigenvalue weighted by Crippen LogP contribution is 2.00. The third-order valence-electron chi connectivity index (χ3n) is 1.90. The number of hydrogen-bond donors (Lipinski definition) is 2. The van der Waals surface area contributed by atoms with Crippen molar-refractivity contribution < 1.29 is 0 Å². The second kappa shape index (κ2) is 4.82. The van der Waals surface area contributed by atoms with Gasteiger partial charge in [-0.1, -0.05) is 11.6 Å². The maximum atomic E-state index is 3.96. The Kier molecular flexibility index (Phi) is 3.71. The van der Waals surface area contributed by atoms with Gasteiger partial charge in [0, 0.05) is 24.3 Å². The summed E-state index contributed by atoms with van der Waals surface area (Å²) in [6.45, 7) is 8.04. The van der Waals surface area contributed by atoms with Crippen LogP contribution < -0.4 is 5.32 Å². The van der Waals surface area contributed by atoms with Crippen LogP contribution in [0.4, 0.5) is 0 Å². The fourth-order valence-corrected chi connectivity index (χ4v) is 1.04. The third-order valence-corrected chi connectivity index (χ3v) is 1.90. The van der Waals surface area contributed by atoms with Crippen LogP contribution >= 0.6 is 0 Å². The van der Waals surface area contributed by atoms with Gasteiger partial charge in [-0.05, 0) is 20.8 Å². The number of rotatable bonds is 4. The molecule has 2 N–H and O–H groups in total. The summed E-state index contributed by atoms with van der Waals surface area (Å²) < 4.78 is 0. The molecule has 3 heteroatoms. The number of aryl methyl sites for hydroxylation is 1. The van der Waals surface area contributed by atoms with E-state index in [1.807, 2.05) is 13.1 Å². The molecule has 1 heterocycles. The summed E-state index contributed by atoms with van der Waals surface area (Å²) in [6.07, 6.45) is 4.04. The molecule has 1 aromatic heterocycles. The molecule has 0 atom stereocenters. The normalized spacial score (nSPS) is 10.1. The molecule has 0 spiro atoms. The maximum Gasteiger partial charge on any atom is 0.0535 e. The van der Waals surface area contributed by atoms with Gasteiger partial charge in [0.1, 0.15) is 0 Å². The average Bonchev–Trinajstić information content (AvgIpc) is 2.45. The fourth-order valence-electron chi connectivity index (χ4n) is 1.04. The number of aromatic nitrogens is 2. The van der Waals surface area contributed by atoms with Gasteiger partial charge in [0.05, 0.1) is 6.20 Å². The predicted molar refractivity (Wildman–Crippen MR) is 54.5 cm³/mol. The molecule has 0 bridgehead atoms. The van der Waals surface area contributed by atoms with Gasteiger partial charge < -0.3 is 5.32 Å². The molecule has 72 valence electrons. The second-order valence-electron chi connectivity index (χ2n) is 3.43. The molecule has 0 saturated heterocycles. The van der Waals surface area contributed by atoms with Gasteiger partial charge in [0.2, 0.25) is 0 Å². The predicted octanol–water partition coefficient (Wildman–Crippen LogP) is 1.77. The number of nitrogens with zero attached hydrogens (tertiary/aromatic N) is 1. The standard InChI is InChI=1S/C10H17N3/c1-8(2)4-5-11-6-10-7-12-13-9(10)3/h4,7,11H,5-6H2,1-3H3,(H,12,13). The number of H-pyrrole nitrogens is 1. The van der Waals surface area contributed by atoms with Crippen molar-refractivity contribution in [3.8, 4) is 0 Å². The number of allylic oxidation sites excluding steroid dienone is 1. The summed E-state index contributed by atoms with van der Waals surface area (Å²) >= 11 is 0. The monoisotopic (exact) mass is 179 g/mol. The lowest BCUT2D eigenvalue weighted by atomic mass is 10.2. The molecule has 0 aromatic carbocycles. The molecule has 1 aromatic rings. The molecule has 0 radical (unpaired) electrons. The van der Waals surface area contributed by atoms with Crippen molar-refractivity contribution in [2.45, 2.75) is 27.3 Å². The van der Waals surface area contributed by atoms with Crippen LogP contribution in [0.3, 0.4) is 0 Å². The highest BCUT2D eigenvalue weighted by atomic mass is 15.1. The van der Waals surface area contributed by atoms with Gasteiger partial charge >= 0.3 is 0 Å². The lowest BCUT2D eigenvalue weighted by Crippen LogP contribution is -2.13. The Morgan fingerprint density at radius 1 is 1.62 bits per heavy atom. The molecular weight excluding hydrogens is 162 g/mol. The smallest absolute Gasteiger partial charge is 0.0535 e. The van der Waals surface area contributed by atoms with Gasteiger partial charge in [-0.15, -0.1) is 0 Å². The Labute approximate surface area is 79.2 Å². The van der Waals surface area contributed by atoms with Crippen LogP contribution in [0, 0.1) is 6.92 Å². The summed E-state index contributed by atoms with van der Waals surface area (Å²) in [5.74, 6) is 0. The van der Waals surface area contributed by atoms with Gasteiger partial charge in [-0.3, -0.25) is 5.10 Å². The third kappa shape index (κ3) is 3.42. The Bertz CT molecular complexity index is 282. The molecule has 0 aliphatic carbocycles. The fraction of sp³-hybridized carbons (Fsp3) is 0.500. The zero-order chi connectivity index (χ0) is 9.68. The molecule has 0 fully saturated rings. The van der Waals surface area contributed by atoms with Crippen molar-refractivity contribution in [1.29, 1.82) is 0 Å². The van der Waals surface area contributed by atoms with E-state index in [9.17, 15) is 0 Å². The first-order chi connectivity index (χ1) is 6.20. The van der Waals surface area contributed by atoms with E-state index in [-0.39, 0.29) is 0 Å². The number of hydrogen-bond acceptors (Lipinski definition) is 2. The van der Waals surface area contributed by atoms with E-state index < -0.39 is 0 Å². The summed E-state index contributed by atoms with van der Waals surface area (Å²) in [6, 6.07) is 0. The van der Waals surface area contributed by atoms with Crippen LogP contribution in [0.15, 0.2) is 17.8 Å². The number of nitrogens with one attached hydrogen (secondary N) is 2. The van der Waals surface area contributed by atoms with Crippen LogP contribution in [0.1, 0.15) is 25.1 Å². The largest absolute Gasteiger partial charge is 0.309 e. The molecule has 1 rings (SSSR count). The van der Waals surface area contributed by atoms with Crippen molar-refractivity contribution in [1.82, 2.24) is 15.5 Å². The van der Waals surface area contributed by atoms with Crippen LogP contribution in [-0.4, -0.2) is 16.7 Å². The molecule has 0 unspecified atom stereocenters. The average molecular weight is 179 g/mol. The topological polar surface area (TPSA) is 40.7 Å². The van der Waals surface area contributed by atoms with Gasteiger partial charge in [0.15, 0.2) is 0 Å². The van der Waals surface area contributed by atoms with E-state index in [1.54, 1.807) is 0 Å². The Morgan fingerprint density at radius 3 is 2.92 bits per heavy atom. The molecule has 3 nitrogen and oxygen atoms in total. The number of aromatic amines is 1. The molecule has 0 saturated carbocycles. The van der Waals surface area contributed by atoms with Gasteiger partial charge in [0.25, 0.3) is 0 Å². The maximum absolute atomic E-state index is 3.96. The van der Waals surface area contributed by atoms with E-state index in [0.717, 1.165) is 18.8 Å². The van der Waals surface area contributed by atoms with E-state index in [4.69, 9.17) is 0 Å². The molecule has 0 amide bonds. The zero-order valence-corrected chi connectivity index (χ0v) is 8.52. The second-order valence-corrected chi connectivity index (χ2v) is 3.43. The summed E-state index contributed by atoms with van der Waals surface area (Å²) in [4.78, 5) is 0. The minimum atomic E-state index is 0.881. The first-order valence-electron chi connectivity index (χ1n) is 4.53. The van der Waals surface area contributed by atoms with Crippen molar-refractivity contribution in [3.63, 3.8) is 0 Å². The lowest BCUT2D eigenvalue weighted by molar-refractivity contribution is 0.753.